The molecule has 0 saturated carbocycles. The maximum atomic E-state index is 11.5. The van der Waals surface area contributed by atoms with Gasteiger partial charge in [-0.1, -0.05) is 13.8 Å². The zero-order valence-electron chi connectivity index (χ0n) is 12.5. The molecule has 1 N–H and O–H groups in total. The Kier molecular flexibility index (Phi) is 7.34. The lowest BCUT2D eigenvalue weighted by Crippen LogP contribution is -2.32. The van der Waals surface area contributed by atoms with E-state index < -0.39 is 5.60 Å². The van der Waals surface area contributed by atoms with Gasteiger partial charge in [-0.15, -0.1) is 0 Å². The fourth-order valence-electron chi connectivity index (χ4n) is 1.30. The van der Waals surface area contributed by atoms with Gasteiger partial charge in [0.25, 0.3) is 0 Å². The second-order valence-electron chi connectivity index (χ2n) is 5.85. The largest absolute Gasteiger partial charge is 0.460 e. The van der Waals surface area contributed by atoms with Crippen LogP contribution in [-0.2, 0) is 19.1 Å². The Balaban J connectivity index is 3.75. The van der Waals surface area contributed by atoms with Crippen molar-refractivity contribution in [1.29, 1.82) is 0 Å². The number of hydrogen-bond acceptors (Lipinski definition) is 4. The first-order valence-corrected chi connectivity index (χ1v) is 6.63. The number of ketones is 1. The van der Waals surface area contributed by atoms with E-state index in [0.29, 0.717) is 6.42 Å². The van der Waals surface area contributed by atoms with Crippen LogP contribution >= 0.6 is 0 Å². The highest BCUT2D eigenvalue weighted by Gasteiger charge is 2.16. The monoisotopic (exact) mass is 271 g/mol. The smallest absolute Gasteiger partial charge is 0.306 e. The number of esters is 1. The van der Waals surface area contributed by atoms with Crippen molar-refractivity contribution in [2.24, 2.45) is 5.92 Å². The van der Waals surface area contributed by atoms with Gasteiger partial charge in [-0.25, -0.2) is 0 Å². The van der Waals surface area contributed by atoms with Crippen molar-refractivity contribution < 1.29 is 19.1 Å². The van der Waals surface area contributed by atoms with Crippen LogP contribution in [0.4, 0.5) is 0 Å². The third-order valence-electron chi connectivity index (χ3n) is 2.24. The summed E-state index contributed by atoms with van der Waals surface area (Å²) >= 11 is 0. The molecule has 0 unspecified atom stereocenters. The minimum absolute atomic E-state index is 0.0331. The second kappa shape index (κ2) is 7.92. The maximum Gasteiger partial charge on any atom is 0.306 e. The highest BCUT2D eigenvalue weighted by Crippen LogP contribution is 2.09. The molecule has 0 heterocycles. The van der Waals surface area contributed by atoms with E-state index in [-0.39, 0.29) is 43.0 Å². The molecule has 0 aliphatic heterocycles. The molecule has 0 aromatic carbocycles. The van der Waals surface area contributed by atoms with Crippen molar-refractivity contribution in [3.05, 3.63) is 0 Å². The second-order valence-corrected chi connectivity index (χ2v) is 5.85. The summed E-state index contributed by atoms with van der Waals surface area (Å²) in [6, 6.07) is 0. The van der Waals surface area contributed by atoms with Gasteiger partial charge in [0, 0.05) is 18.8 Å². The first-order chi connectivity index (χ1) is 8.61. The number of hydrogen-bond donors (Lipinski definition) is 1. The molecule has 0 aromatic heterocycles. The zero-order valence-corrected chi connectivity index (χ0v) is 12.5. The molecule has 0 atom stereocenters. The lowest BCUT2D eigenvalue weighted by Gasteiger charge is -2.19. The molecule has 0 spiro atoms. The number of rotatable bonds is 7. The van der Waals surface area contributed by atoms with Crippen LogP contribution in [0.5, 0.6) is 0 Å². The Morgan fingerprint density at radius 1 is 1.11 bits per heavy atom. The summed E-state index contributed by atoms with van der Waals surface area (Å²) in [5, 5.41) is 2.55. The molecule has 19 heavy (non-hydrogen) atoms. The molecule has 0 fully saturated rings. The van der Waals surface area contributed by atoms with Gasteiger partial charge in [0.1, 0.15) is 5.60 Å². The van der Waals surface area contributed by atoms with Gasteiger partial charge in [-0.2, -0.15) is 0 Å². The van der Waals surface area contributed by atoms with E-state index in [1.165, 1.54) is 0 Å². The summed E-state index contributed by atoms with van der Waals surface area (Å²) in [4.78, 5) is 34.1. The summed E-state index contributed by atoms with van der Waals surface area (Å²) in [7, 11) is 0. The SMILES string of the molecule is CC(C)C(=O)NCC(=O)CCCC(=O)OC(C)(C)C. The molecular weight excluding hydrogens is 246 g/mol. The number of ether oxygens (including phenoxy) is 1. The third kappa shape index (κ3) is 10.2. The van der Waals surface area contributed by atoms with E-state index >= 15 is 0 Å². The normalized spacial score (nSPS) is 11.3. The molecule has 0 bridgehead atoms. The average Bonchev–Trinajstić information content (AvgIpc) is 2.23. The Hall–Kier alpha value is -1.39. The predicted molar refractivity (Wildman–Crippen MR) is 72.6 cm³/mol. The Morgan fingerprint density at radius 2 is 1.68 bits per heavy atom. The van der Waals surface area contributed by atoms with Gasteiger partial charge in [0.05, 0.1) is 6.54 Å². The van der Waals surface area contributed by atoms with E-state index in [1.54, 1.807) is 34.6 Å². The van der Waals surface area contributed by atoms with Crippen LogP contribution in [0.15, 0.2) is 0 Å². The molecule has 1 amide bonds. The summed E-state index contributed by atoms with van der Waals surface area (Å²) in [6.07, 6.45) is 0.948. The number of Topliss-reactive ketones (excluding diaryl/α,β-unsaturated/α-hetero) is 1. The van der Waals surface area contributed by atoms with E-state index in [9.17, 15) is 14.4 Å². The highest BCUT2D eigenvalue weighted by atomic mass is 16.6. The minimum atomic E-state index is -0.494. The third-order valence-corrected chi connectivity index (χ3v) is 2.24. The van der Waals surface area contributed by atoms with Crippen molar-refractivity contribution >= 4 is 17.7 Å². The minimum Gasteiger partial charge on any atom is -0.460 e. The number of carbonyl (C=O) groups is 3. The first-order valence-electron chi connectivity index (χ1n) is 6.63. The van der Waals surface area contributed by atoms with E-state index in [0.717, 1.165) is 0 Å². The summed E-state index contributed by atoms with van der Waals surface area (Å²) in [5.41, 5.74) is -0.494. The molecule has 110 valence electrons. The summed E-state index contributed by atoms with van der Waals surface area (Å²) in [6.45, 7) is 8.97. The van der Waals surface area contributed by atoms with Gasteiger partial charge in [-0.3, -0.25) is 14.4 Å². The van der Waals surface area contributed by atoms with Gasteiger partial charge in [0.15, 0.2) is 5.78 Å². The quantitative estimate of drug-likeness (QED) is 0.717. The highest BCUT2D eigenvalue weighted by molar-refractivity contribution is 5.86. The van der Waals surface area contributed by atoms with Crippen molar-refractivity contribution in [2.75, 3.05) is 6.54 Å². The number of amides is 1. The van der Waals surface area contributed by atoms with Crippen molar-refractivity contribution in [3.63, 3.8) is 0 Å². The molecular formula is C14H25NO4. The Morgan fingerprint density at radius 3 is 2.16 bits per heavy atom. The van der Waals surface area contributed by atoms with Gasteiger partial charge < -0.3 is 10.1 Å². The van der Waals surface area contributed by atoms with Crippen molar-refractivity contribution in [3.8, 4) is 0 Å². The predicted octanol–water partition coefficient (Wildman–Crippen LogP) is 1.84. The lowest BCUT2D eigenvalue weighted by atomic mass is 10.1. The fourth-order valence-corrected chi connectivity index (χ4v) is 1.30. The van der Waals surface area contributed by atoms with E-state index in [4.69, 9.17) is 4.74 Å². The molecule has 5 heteroatoms. The molecule has 0 radical (unpaired) electrons. The first kappa shape index (κ1) is 17.6. The molecule has 0 aliphatic carbocycles. The zero-order chi connectivity index (χ0) is 15.1. The van der Waals surface area contributed by atoms with Crippen LogP contribution in [0, 0.1) is 5.92 Å². The van der Waals surface area contributed by atoms with Crippen LogP contribution in [0.1, 0.15) is 53.9 Å². The van der Waals surface area contributed by atoms with Gasteiger partial charge in [0.2, 0.25) is 5.91 Å². The number of carbonyl (C=O) groups excluding carboxylic acids is 3. The van der Waals surface area contributed by atoms with Crippen LogP contribution in [-0.4, -0.2) is 29.8 Å². The van der Waals surface area contributed by atoms with Crippen LogP contribution in [0.25, 0.3) is 0 Å². The van der Waals surface area contributed by atoms with Crippen molar-refractivity contribution in [2.45, 2.75) is 59.5 Å². The maximum absolute atomic E-state index is 11.5. The molecule has 0 saturated heterocycles. The van der Waals surface area contributed by atoms with Crippen LogP contribution in [0.3, 0.4) is 0 Å². The van der Waals surface area contributed by atoms with E-state index in [1.807, 2.05) is 0 Å². The van der Waals surface area contributed by atoms with Gasteiger partial charge in [-0.05, 0) is 27.2 Å². The topological polar surface area (TPSA) is 72.5 Å². The molecule has 5 nitrogen and oxygen atoms in total. The standard InChI is InChI=1S/C14H25NO4/c1-10(2)13(18)15-9-11(16)7-6-8-12(17)19-14(3,4)5/h10H,6-9H2,1-5H3,(H,15,18). The Labute approximate surface area is 115 Å². The summed E-state index contributed by atoms with van der Waals surface area (Å²) in [5.74, 6) is -0.640. The van der Waals surface area contributed by atoms with Crippen LogP contribution in [0.2, 0.25) is 0 Å². The molecule has 0 aromatic rings. The van der Waals surface area contributed by atoms with Gasteiger partial charge >= 0.3 is 5.97 Å². The molecule has 0 aliphatic rings. The van der Waals surface area contributed by atoms with Crippen LogP contribution < -0.4 is 5.32 Å². The lowest BCUT2D eigenvalue weighted by molar-refractivity contribution is -0.154. The average molecular weight is 271 g/mol. The molecule has 0 rings (SSSR count). The van der Waals surface area contributed by atoms with E-state index in [2.05, 4.69) is 5.32 Å². The summed E-state index contributed by atoms with van der Waals surface area (Å²) < 4.78 is 5.13. The fraction of sp³-hybridized carbons (Fsp3) is 0.786. The van der Waals surface area contributed by atoms with Crippen molar-refractivity contribution in [1.82, 2.24) is 5.32 Å². The Bertz CT molecular complexity index is 329. The number of nitrogens with one attached hydrogen (secondary N) is 1.